The predicted octanol–water partition coefficient (Wildman–Crippen LogP) is 5.82. The van der Waals surface area contributed by atoms with E-state index >= 15 is 0 Å². The van der Waals surface area contributed by atoms with Gasteiger partial charge in [0.1, 0.15) is 0 Å². The molecule has 0 aromatic carbocycles. The molecule has 0 saturated heterocycles. The summed E-state index contributed by atoms with van der Waals surface area (Å²) in [7, 11) is 0. The molecule has 0 heterocycles. The Hall–Kier alpha value is -0.780. The first-order valence-electron chi connectivity index (χ1n) is 6.84. The van der Waals surface area contributed by atoms with Gasteiger partial charge in [-0.3, -0.25) is 0 Å². The lowest BCUT2D eigenvalue weighted by Gasteiger charge is -1.96. The van der Waals surface area contributed by atoms with Crippen LogP contribution >= 0.6 is 0 Å². The molecule has 0 rings (SSSR count). The van der Waals surface area contributed by atoms with E-state index in [1.54, 1.807) is 0 Å². The van der Waals surface area contributed by atoms with E-state index in [4.69, 9.17) is 0 Å². The maximum atomic E-state index is 3.66. The van der Waals surface area contributed by atoms with Crippen molar-refractivity contribution in [2.24, 2.45) is 0 Å². The fraction of sp³-hybridized carbons (Fsp3) is 0.625. The summed E-state index contributed by atoms with van der Waals surface area (Å²) in [5, 5.41) is 0. The predicted molar refractivity (Wildman–Crippen MR) is 75.7 cm³/mol. The van der Waals surface area contributed by atoms with Crippen molar-refractivity contribution < 1.29 is 0 Å². The summed E-state index contributed by atoms with van der Waals surface area (Å²) in [5.41, 5.74) is 0. The van der Waals surface area contributed by atoms with Crippen LogP contribution in [0.5, 0.6) is 0 Å². The molecule has 0 nitrogen and oxygen atoms in total. The van der Waals surface area contributed by atoms with Gasteiger partial charge in [0.05, 0.1) is 0 Å². The molecule has 0 radical (unpaired) electrons. The van der Waals surface area contributed by atoms with E-state index in [1.165, 1.54) is 57.8 Å². The minimum Gasteiger partial charge on any atom is -0.0991 e. The first kappa shape index (κ1) is 15.2. The van der Waals surface area contributed by atoms with Gasteiger partial charge in [0.2, 0.25) is 0 Å². The normalized spacial score (nSPS) is 11.6. The van der Waals surface area contributed by atoms with Crippen molar-refractivity contribution >= 4 is 0 Å². The van der Waals surface area contributed by atoms with E-state index in [0.29, 0.717) is 0 Å². The van der Waals surface area contributed by atoms with Gasteiger partial charge in [0.25, 0.3) is 0 Å². The maximum absolute atomic E-state index is 3.66. The van der Waals surface area contributed by atoms with E-state index in [2.05, 4.69) is 31.7 Å². The molecule has 0 atom stereocenters. The van der Waals surface area contributed by atoms with Crippen LogP contribution in [0, 0.1) is 0 Å². The van der Waals surface area contributed by atoms with Crippen LogP contribution in [0.15, 0.2) is 37.0 Å². The van der Waals surface area contributed by atoms with Crippen molar-refractivity contribution in [1.29, 1.82) is 0 Å². The summed E-state index contributed by atoms with van der Waals surface area (Å²) in [4.78, 5) is 0. The maximum Gasteiger partial charge on any atom is -0.0348 e. The van der Waals surface area contributed by atoms with Crippen LogP contribution in [-0.4, -0.2) is 0 Å². The van der Waals surface area contributed by atoms with E-state index in [0.717, 1.165) is 0 Å². The average Bonchev–Trinajstić information content (AvgIpc) is 2.31. The fourth-order valence-corrected chi connectivity index (χ4v) is 1.63. The van der Waals surface area contributed by atoms with Gasteiger partial charge in [-0.15, -0.1) is 0 Å². The molecule has 0 spiro atoms. The average molecular weight is 220 g/mol. The number of rotatable bonds is 11. The highest BCUT2D eigenvalue weighted by Gasteiger charge is 1.87. The van der Waals surface area contributed by atoms with Crippen molar-refractivity contribution in [1.82, 2.24) is 0 Å². The van der Waals surface area contributed by atoms with Gasteiger partial charge < -0.3 is 0 Å². The number of allylic oxidation sites excluding steroid dienone is 5. The number of unbranched alkanes of at least 4 members (excludes halogenated alkanes) is 7. The third-order valence-corrected chi connectivity index (χ3v) is 2.65. The van der Waals surface area contributed by atoms with E-state index < -0.39 is 0 Å². The molecule has 0 aromatic rings. The van der Waals surface area contributed by atoms with Crippen LogP contribution in [-0.2, 0) is 0 Å². The van der Waals surface area contributed by atoms with Gasteiger partial charge in [0.15, 0.2) is 0 Å². The lowest BCUT2D eigenvalue weighted by atomic mass is 10.1. The lowest BCUT2D eigenvalue weighted by Crippen LogP contribution is -1.77. The highest BCUT2D eigenvalue weighted by molar-refractivity contribution is 4.96. The zero-order chi connectivity index (χ0) is 11.9. The fourth-order valence-electron chi connectivity index (χ4n) is 1.63. The molecule has 0 saturated carbocycles. The van der Waals surface area contributed by atoms with Crippen LogP contribution in [0.3, 0.4) is 0 Å². The van der Waals surface area contributed by atoms with Crippen molar-refractivity contribution in [3.05, 3.63) is 37.0 Å². The molecule has 0 amide bonds. The molecule has 0 aliphatic heterocycles. The lowest BCUT2D eigenvalue weighted by molar-refractivity contribution is 0.651. The molecule has 92 valence electrons. The highest BCUT2D eigenvalue weighted by atomic mass is 13.9. The van der Waals surface area contributed by atoms with Crippen molar-refractivity contribution in [2.75, 3.05) is 0 Å². The van der Waals surface area contributed by atoms with Crippen LogP contribution in [0.2, 0.25) is 0 Å². The molecular formula is C16H28. The van der Waals surface area contributed by atoms with Gasteiger partial charge in [-0.2, -0.15) is 0 Å². The largest absolute Gasteiger partial charge is 0.0991 e. The van der Waals surface area contributed by atoms with Gasteiger partial charge in [-0.05, 0) is 32.1 Å². The standard InChI is InChI=1S/C16H28/c1-3-5-7-9-11-13-15-16-14-12-10-8-6-4-2/h3,5,7,10,12H,1,4,6,8-9,11,13-16H2,2H3. The van der Waals surface area contributed by atoms with Crippen LogP contribution in [0.25, 0.3) is 0 Å². The zero-order valence-corrected chi connectivity index (χ0v) is 11.0. The van der Waals surface area contributed by atoms with Crippen molar-refractivity contribution in [2.45, 2.75) is 64.7 Å². The first-order chi connectivity index (χ1) is 7.91. The highest BCUT2D eigenvalue weighted by Crippen LogP contribution is 2.07. The summed E-state index contributed by atoms with van der Waals surface area (Å²) in [6.07, 6.45) is 22.6. The second-order valence-corrected chi connectivity index (χ2v) is 4.27. The Morgan fingerprint density at radius 2 is 1.31 bits per heavy atom. The van der Waals surface area contributed by atoms with E-state index in [1.807, 2.05) is 12.2 Å². The molecule has 0 aliphatic carbocycles. The topological polar surface area (TPSA) is 0 Å². The summed E-state index contributed by atoms with van der Waals surface area (Å²) in [6.45, 7) is 5.90. The summed E-state index contributed by atoms with van der Waals surface area (Å²) in [6, 6.07) is 0. The Morgan fingerprint density at radius 3 is 1.88 bits per heavy atom. The number of hydrogen-bond donors (Lipinski definition) is 0. The molecule has 0 unspecified atom stereocenters. The SMILES string of the molecule is C=CC=CCCCCCCC=CCCCC. The Bertz CT molecular complexity index is 186. The number of hydrogen-bond acceptors (Lipinski definition) is 0. The molecule has 0 bridgehead atoms. The zero-order valence-electron chi connectivity index (χ0n) is 11.0. The quantitative estimate of drug-likeness (QED) is 0.234. The first-order valence-corrected chi connectivity index (χ1v) is 6.84. The molecule has 0 aromatic heterocycles. The third kappa shape index (κ3) is 13.2. The van der Waals surface area contributed by atoms with Gasteiger partial charge >= 0.3 is 0 Å². The van der Waals surface area contributed by atoms with Crippen LogP contribution in [0.4, 0.5) is 0 Å². The molecule has 16 heavy (non-hydrogen) atoms. The second-order valence-electron chi connectivity index (χ2n) is 4.27. The summed E-state index contributed by atoms with van der Waals surface area (Å²) < 4.78 is 0. The minimum atomic E-state index is 1.21. The Balaban J connectivity index is 3.06. The Labute approximate surface area is 102 Å². The Kier molecular flexibility index (Phi) is 13.5. The van der Waals surface area contributed by atoms with Gasteiger partial charge in [-0.1, -0.05) is 69.6 Å². The van der Waals surface area contributed by atoms with Crippen LogP contribution in [0.1, 0.15) is 64.7 Å². The minimum absolute atomic E-state index is 1.21. The van der Waals surface area contributed by atoms with Gasteiger partial charge in [-0.25, -0.2) is 0 Å². The summed E-state index contributed by atoms with van der Waals surface area (Å²) >= 11 is 0. The Morgan fingerprint density at radius 1 is 0.750 bits per heavy atom. The molecule has 0 aliphatic rings. The smallest absolute Gasteiger partial charge is 0.0348 e. The molecule has 0 heteroatoms. The van der Waals surface area contributed by atoms with Crippen molar-refractivity contribution in [3.8, 4) is 0 Å². The van der Waals surface area contributed by atoms with E-state index in [9.17, 15) is 0 Å². The van der Waals surface area contributed by atoms with Gasteiger partial charge in [0, 0.05) is 0 Å². The molecule has 0 N–H and O–H groups in total. The monoisotopic (exact) mass is 220 g/mol. The van der Waals surface area contributed by atoms with E-state index in [-0.39, 0.29) is 0 Å². The second kappa shape index (κ2) is 14.2. The third-order valence-electron chi connectivity index (χ3n) is 2.65. The molecular weight excluding hydrogens is 192 g/mol. The van der Waals surface area contributed by atoms with Crippen molar-refractivity contribution in [3.63, 3.8) is 0 Å². The summed E-state index contributed by atoms with van der Waals surface area (Å²) in [5.74, 6) is 0. The molecule has 0 fully saturated rings. The van der Waals surface area contributed by atoms with Crippen LogP contribution < -0.4 is 0 Å².